The molecule has 1 aliphatic rings. The lowest BCUT2D eigenvalue weighted by Crippen LogP contribution is -2.41. The average Bonchev–Trinajstić information content (AvgIpc) is 2.97. The topological polar surface area (TPSA) is 90.5 Å². The second-order valence-electron chi connectivity index (χ2n) is 7.60. The number of amides is 2. The van der Waals surface area contributed by atoms with Crippen LogP contribution in [0, 0.1) is 12.8 Å². The van der Waals surface area contributed by atoms with Gasteiger partial charge in [-0.3, -0.25) is 9.59 Å². The molecule has 3 rings (SSSR count). The van der Waals surface area contributed by atoms with Gasteiger partial charge < -0.3 is 21.1 Å². The van der Waals surface area contributed by atoms with Crippen molar-refractivity contribution in [1.29, 1.82) is 0 Å². The van der Waals surface area contributed by atoms with E-state index in [-0.39, 0.29) is 30.4 Å². The van der Waals surface area contributed by atoms with E-state index in [1.54, 1.807) is 24.3 Å². The van der Waals surface area contributed by atoms with Gasteiger partial charge in [-0.05, 0) is 62.7 Å². The number of benzene rings is 2. The van der Waals surface area contributed by atoms with Gasteiger partial charge in [-0.2, -0.15) is 0 Å². The van der Waals surface area contributed by atoms with E-state index in [0.29, 0.717) is 17.7 Å². The molecule has 1 saturated heterocycles. The molecule has 154 valence electrons. The number of rotatable bonds is 6. The van der Waals surface area contributed by atoms with Gasteiger partial charge in [0.05, 0.1) is 0 Å². The predicted octanol–water partition coefficient (Wildman–Crippen LogP) is 2.02. The van der Waals surface area contributed by atoms with Crippen LogP contribution in [0.3, 0.4) is 0 Å². The van der Waals surface area contributed by atoms with Gasteiger partial charge in [-0.15, -0.1) is 0 Å². The Hall–Kier alpha value is -2.70. The van der Waals surface area contributed by atoms with Crippen molar-refractivity contribution in [2.24, 2.45) is 5.92 Å². The summed E-state index contributed by atoms with van der Waals surface area (Å²) in [5, 5.41) is 18.8. The molecular weight excluding hydrogens is 366 g/mol. The van der Waals surface area contributed by atoms with Gasteiger partial charge in [0.1, 0.15) is 0 Å². The number of nitrogens with one attached hydrogen (secondary N) is 3. The van der Waals surface area contributed by atoms with Crippen molar-refractivity contribution in [3.05, 3.63) is 70.8 Å². The predicted molar refractivity (Wildman–Crippen MR) is 113 cm³/mol. The average molecular weight is 396 g/mol. The highest BCUT2D eigenvalue weighted by molar-refractivity contribution is 5.97. The smallest absolute Gasteiger partial charge is 0.251 e. The summed E-state index contributed by atoms with van der Waals surface area (Å²) in [4.78, 5) is 25.0. The summed E-state index contributed by atoms with van der Waals surface area (Å²) in [6, 6.07) is 14.6. The molecule has 1 fully saturated rings. The highest BCUT2D eigenvalue weighted by atomic mass is 16.3. The zero-order valence-electron chi connectivity index (χ0n) is 16.8. The minimum absolute atomic E-state index is 0.0557. The first-order valence-corrected chi connectivity index (χ1v) is 10.1. The second-order valence-corrected chi connectivity index (χ2v) is 7.60. The van der Waals surface area contributed by atoms with Gasteiger partial charge >= 0.3 is 0 Å². The van der Waals surface area contributed by atoms with Crippen LogP contribution in [0.5, 0.6) is 0 Å². The van der Waals surface area contributed by atoms with Crippen LogP contribution in [0.25, 0.3) is 0 Å². The van der Waals surface area contributed by atoms with E-state index in [1.807, 2.05) is 31.2 Å². The molecule has 29 heavy (non-hydrogen) atoms. The number of hydrogen-bond donors (Lipinski definition) is 4. The molecular formula is C23H29N3O3. The van der Waals surface area contributed by atoms with Crippen molar-refractivity contribution in [1.82, 2.24) is 16.0 Å². The molecule has 4 N–H and O–H groups in total. The van der Waals surface area contributed by atoms with Gasteiger partial charge in [-0.25, -0.2) is 0 Å². The maximum Gasteiger partial charge on any atom is 0.251 e. The minimum Gasteiger partial charge on any atom is -0.396 e. The van der Waals surface area contributed by atoms with Gasteiger partial charge in [0.2, 0.25) is 0 Å². The van der Waals surface area contributed by atoms with Gasteiger partial charge in [0.15, 0.2) is 0 Å². The zero-order valence-corrected chi connectivity index (χ0v) is 16.8. The molecule has 0 spiro atoms. The summed E-state index contributed by atoms with van der Waals surface area (Å²) in [6.45, 7) is 4.21. The molecule has 0 bridgehead atoms. The van der Waals surface area contributed by atoms with Crippen LogP contribution >= 0.6 is 0 Å². The Kier molecular flexibility index (Phi) is 7.38. The van der Waals surface area contributed by atoms with E-state index in [9.17, 15) is 14.7 Å². The van der Waals surface area contributed by atoms with Gasteiger partial charge in [-0.1, -0.05) is 29.8 Å². The molecule has 1 heterocycles. The highest BCUT2D eigenvalue weighted by Crippen LogP contribution is 2.15. The fraction of sp³-hybridized carbons (Fsp3) is 0.391. The monoisotopic (exact) mass is 395 g/mol. The molecule has 0 saturated carbocycles. The van der Waals surface area contributed by atoms with Crippen molar-refractivity contribution in [3.8, 4) is 0 Å². The third-order valence-corrected chi connectivity index (χ3v) is 5.39. The molecule has 1 aliphatic heterocycles. The Labute approximate surface area is 171 Å². The lowest BCUT2D eigenvalue weighted by molar-refractivity contribution is 0.0899. The van der Waals surface area contributed by atoms with E-state index in [2.05, 4.69) is 16.0 Å². The maximum absolute atomic E-state index is 12.6. The van der Waals surface area contributed by atoms with Crippen molar-refractivity contribution < 1.29 is 14.7 Å². The van der Waals surface area contributed by atoms with Crippen molar-refractivity contribution in [3.63, 3.8) is 0 Å². The molecule has 2 unspecified atom stereocenters. The first kappa shape index (κ1) is 21.0. The van der Waals surface area contributed by atoms with E-state index in [0.717, 1.165) is 37.1 Å². The molecule has 0 radical (unpaired) electrons. The normalized spacial score (nSPS) is 19.2. The summed E-state index contributed by atoms with van der Waals surface area (Å²) in [5.41, 5.74) is 3.22. The van der Waals surface area contributed by atoms with E-state index in [4.69, 9.17) is 0 Å². The van der Waals surface area contributed by atoms with Crippen molar-refractivity contribution in [2.75, 3.05) is 19.7 Å². The highest BCUT2D eigenvalue weighted by Gasteiger charge is 2.24. The molecule has 2 atom stereocenters. The third kappa shape index (κ3) is 5.89. The Bertz CT molecular complexity index is 836. The molecule has 0 aromatic heterocycles. The minimum atomic E-state index is -0.179. The number of aliphatic hydroxyl groups excluding tert-OH is 1. The Balaban J connectivity index is 1.57. The van der Waals surface area contributed by atoms with Crippen LogP contribution in [0.1, 0.15) is 44.7 Å². The molecule has 2 aromatic carbocycles. The first-order chi connectivity index (χ1) is 14.1. The van der Waals surface area contributed by atoms with Gasteiger partial charge in [0.25, 0.3) is 11.8 Å². The fourth-order valence-electron chi connectivity index (χ4n) is 3.65. The summed E-state index contributed by atoms with van der Waals surface area (Å²) >= 11 is 0. The van der Waals surface area contributed by atoms with E-state index in [1.165, 1.54) is 0 Å². The van der Waals surface area contributed by atoms with Crippen molar-refractivity contribution in [2.45, 2.75) is 32.4 Å². The number of hydrogen-bond acceptors (Lipinski definition) is 4. The SMILES string of the molecule is Cc1cccc(CNC(=O)c2ccc(C(=O)NC3CCNCCC3CO)cc2)c1. The molecule has 0 aliphatic carbocycles. The zero-order chi connectivity index (χ0) is 20.6. The van der Waals surface area contributed by atoms with Crippen LogP contribution in [0.2, 0.25) is 0 Å². The van der Waals surface area contributed by atoms with Crippen LogP contribution in [0.15, 0.2) is 48.5 Å². The Morgan fingerprint density at radius 2 is 1.72 bits per heavy atom. The number of carbonyl (C=O) groups is 2. The second kappa shape index (κ2) is 10.2. The van der Waals surface area contributed by atoms with Crippen LogP contribution in [0.4, 0.5) is 0 Å². The largest absolute Gasteiger partial charge is 0.396 e. The maximum atomic E-state index is 12.6. The van der Waals surface area contributed by atoms with E-state index < -0.39 is 0 Å². The molecule has 2 aromatic rings. The Morgan fingerprint density at radius 3 is 2.41 bits per heavy atom. The molecule has 2 amide bonds. The fourth-order valence-corrected chi connectivity index (χ4v) is 3.65. The van der Waals surface area contributed by atoms with Crippen molar-refractivity contribution >= 4 is 11.8 Å². The van der Waals surface area contributed by atoms with Crippen LogP contribution in [-0.4, -0.2) is 42.7 Å². The quantitative estimate of drug-likeness (QED) is 0.602. The van der Waals surface area contributed by atoms with E-state index >= 15 is 0 Å². The molecule has 6 heteroatoms. The van der Waals surface area contributed by atoms with Crippen LogP contribution < -0.4 is 16.0 Å². The lowest BCUT2D eigenvalue weighted by atomic mass is 9.95. The first-order valence-electron chi connectivity index (χ1n) is 10.1. The van der Waals surface area contributed by atoms with Crippen LogP contribution in [-0.2, 0) is 6.54 Å². The Morgan fingerprint density at radius 1 is 1.03 bits per heavy atom. The standard InChI is InChI=1S/C23H29N3O3/c1-16-3-2-4-17(13-16)14-25-22(28)18-5-7-19(8-6-18)23(29)26-21-10-12-24-11-9-20(21)15-27/h2-8,13,20-21,24,27H,9-12,14-15H2,1H3,(H,25,28)(H,26,29). The number of aliphatic hydroxyl groups is 1. The summed E-state index contributed by atoms with van der Waals surface area (Å²) in [5.74, 6) is -0.295. The third-order valence-electron chi connectivity index (χ3n) is 5.39. The molecule has 6 nitrogen and oxygen atoms in total. The van der Waals surface area contributed by atoms with Gasteiger partial charge in [0, 0.05) is 36.2 Å². The summed E-state index contributed by atoms with van der Waals surface area (Å²) in [7, 11) is 0. The summed E-state index contributed by atoms with van der Waals surface area (Å²) in [6.07, 6.45) is 1.62. The number of aryl methyl sites for hydroxylation is 1. The lowest BCUT2D eigenvalue weighted by Gasteiger charge is -2.24. The summed E-state index contributed by atoms with van der Waals surface area (Å²) < 4.78 is 0. The number of carbonyl (C=O) groups excluding carboxylic acids is 2.